The molecule has 0 unspecified atom stereocenters. The van der Waals surface area contributed by atoms with E-state index in [2.05, 4.69) is 0 Å². The molecule has 0 atom stereocenters. The lowest BCUT2D eigenvalue weighted by Crippen LogP contribution is -2.03. The molecule has 0 amide bonds. The summed E-state index contributed by atoms with van der Waals surface area (Å²) >= 11 is 12.2. The highest BCUT2D eigenvalue weighted by molar-refractivity contribution is 6.32. The van der Waals surface area contributed by atoms with Gasteiger partial charge in [0.2, 0.25) is 0 Å². The maximum atomic E-state index is 6.10. The molecular weight excluding hydrogens is 269 g/mol. The molecule has 0 heterocycles. The molecule has 2 nitrogen and oxygen atoms in total. The number of hydrogen-bond donors (Lipinski definition) is 1. The van der Waals surface area contributed by atoms with Crippen molar-refractivity contribution in [3.8, 4) is 5.75 Å². The Morgan fingerprint density at radius 1 is 0.889 bits per heavy atom. The third kappa shape index (κ3) is 2.96. The van der Waals surface area contributed by atoms with Gasteiger partial charge >= 0.3 is 0 Å². The summed E-state index contributed by atoms with van der Waals surface area (Å²) in [4.78, 5) is 0. The van der Waals surface area contributed by atoms with Crippen molar-refractivity contribution in [2.45, 2.75) is 13.2 Å². The number of benzene rings is 2. The van der Waals surface area contributed by atoms with Crippen LogP contribution < -0.4 is 10.5 Å². The molecule has 18 heavy (non-hydrogen) atoms. The molecule has 0 aliphatic rings. The van der Waals surface area contributed by atoms with E-state index in [1.165, 1.54) is 0 Å². The number of ether oxygens (including phenoxy) is 1. The van der Waals surface area contributed by atoms with Crippen LogP contribution in [0.15, 0.2) is 42.5 Å². The lowest BCUT2D eigenvalue weighted by Gasteiger charge is -2.12. The van der Waals surface area contributed by atoms with Gasteiger partial charge in [-0.1, -0.05) is 53.5 Å². The van der Waals surface area contributed by atoms with E-state index in [4.69, 9.17) is 33.7 Å². The van der Waals surface area contributed by atoms with Crippen molar-refractivity contribution in [3.63, 3.8) is 0 Å². The first kappa shape index (κ1) is 13.2. The third-order valence-corrected chi connectivity index (χ3v) is 3.26. The van der Waals surface area contributed by atoms with Gasteiger partial charge < -0.3 is 10.5 Å². The Bertz CT molecular complexity index is 543. The van der Waals surface area contributed by atoms with Crippen molar-refractivity contribution in [2.24, 2.45) is 5.73 Å². The topological polar surface area (TPSA) is 35.2 Å². The van der Waals surface area contributed by atoms with Gasteiger partial charge in [0, 0.05) is 22.7 Å². The minimum absolute atomic E-state index is 0.371. The molecule has 0 aliphatic heterocycles. The molecule has 0 aromatic heterocycles. The summed E-state index contributed by atoms with van der Waals surface area (Å²) in [7, 11) is 0. The average molecular weight is 282 g/mol. The second-order valence-electron chi connectivity index (χ2n) is 3.81. The Balaban J connectivity index is 2.18. The van der Waals surface area contributed by atoms with Crippen LogP contribution >= 0.6 is 23.2 Å². The fourth-order valence-corrected chi connectivity index (χ4v) is 2.08. The van der Waals surface area contributed by atoms with Gasteiger partial charge in [-0.05, 0) is 12.1 Å². The lowest BCUT2D eigenvalue weighted by atomic mass is 10.2. The molecule has 0 saturated carbocycles. The molecule has 0 radical (unpaired) electrons. The van der Waals surface area contributed by atoms with Gasteiger partial charge in [0.15, 0.2) is 0 Å². The van der Waals surface area contributed by atoms with Crippen LogP contribution in [0.1, 0.15) is 11.1 Å². The van der Waals surface area contributed by atoms with E-state index < -0.39 is 0 Å². The van der Waals surface area contributed by atoms with E-state index >= 15 is 0 Å². The molecule has 4 heteroatoms. The Hall–Kier alpha value is -1.22. The summed E-state index contributed by atoms with van der Waals surface area (Å²) in [5, 5.41) is 1.24. The van der Waals surface area contributed by atoms with E-state index in [9.17, 15) is 0 Å². The van der Waals surface area contributed by atoms with Crippen molar-refractivity contribution in [1.29, 1.82) is 0 Å². The van der Waals surface area contributed by atoms with Gasteiger partial charge in [-0.25, -0.2) is 0 Å². The minimum atomic E-state index is 0.371. The molecule has 2 N–H and O–H groups in total. The first-order chi connectivity index (χ1) is 8.72. The standard InChI is InChI=1S/C14H13Cl2NO/c15-12-6-2-1-4-11(12)9-18-14-10(8-17)5-3-7-13(14)16/h1-7H,8-9,17H2. The van der Waals surface area contributed by atoms with Crippen LogP contribution in [0.5, 0.6) is 5.75 Å². The molecule has 0 fully saturated rings. The molecule has 0 bridgehead atoms. The summed E-state index contributed by atoms with van der Waals surface area (Å²) in [6, 6.07) is 13.1. The van der Waals surface area contributed by atoms with Crippen LogP contribution in [-0.4, -0.2) is 0 Å². The predicted octanol–water partition coefficient (Wildman–Crippen LogP) is 4.03. The molecule has 2 rings (SSSR count). The summed E-state index contributed by atoms with van der Waals surface area (Å²) in [6.07, 6.45) is 0. The van der Waals surface area contributed by atoms with Gasteiger partial charge in [0.25, 0.3) is 0 Å². The van der Waals surface area contributed by atoms with Crippen molar-refractivity contribution >= 4 is 23.2 Å². The highest BCUT2D eigenvalue weighted by Gasteiger charge is 2.08. The van der Waals surface area contributed by atoms with Crippen LogP contribution in [0, 0.1) is 0 Å². The molecule has 0 aliphatic carbocycles. The maximum absolute atomic E-state index is 6.10. The zero-order valence-corrected chi connectivity index (χ0v) is 11.2. The van der Waals surface area contributed by atoms with Crippen LogP contribution in [0.25, 0.3) is 0 Å². The Morgan fingerprint density at radius 3 is 2.28 bits per heavy atom. The van der Waals surface area contributed by atoms with Crippen molar-refractivity contribution in [3.05, 3.63) is 63.6 Å². The summed E-state index contributed by atoms with van der Waals surface area (Å²) in [5.74, 6) is 0.626. The molecule has 0 spiro atoms. The smallest absolute Gasteiger partial charge is 0.142 e. The van der Waals surface area contributed by atoms with E-state index in [0.717, 1.165) is 11.1 Å². The van der Waals surface area contributed by atoms with E-state index in [-0.39, 0.29) is 0 Å². The molecular formula is C14H13Cl2NO. The molecule has 2 aromatic carbocycles. The summed E-state index contributed by atoms with van der Waals surface area (Å²) < 4.78 is 5.73. The van der Waals surface area contributed by atoms with Gasteiger partial charge in [0.1, 0.15) is 12.4 Å². The van der Waals surface area contributed by atoms with Crippen LogP contribution in [0.2, 0.25) is 10.0 Å². The normalized spacial score (nSPS) is 10.4. The van der Waals surface area contributed by atoms with Crippen LogP contribution in [0.3, 0.4) is 0 Å². The van der Waals surface area contributed by atoms with E-state index in [0.29, 0.717) is 28.9 Å². The Labute approximate surface area is 116 Å². The highest BCUT2D eigenvalue weighted by atomic mass is 35.5. The number of hydrogen-bond acceptors (Lipinski definition) is 2. The fourth-order valence-electron chi connectivity index (χ4n) is 1.64. The number of para-hydroxylation sites is 1. The number of nitrogens with two attached hydrogens (primary N) is 1. The molecule has 0 saturated heterocycles. The highest BCUT2D eigenvalue weighted by Crippen LogP contribution is 2.29. The van der Waals surface area contributed by atoms with Gasteiger partial charge in [-0.2, -0.15) is 0 Å². The van der Waals surface area contributed by atoms with Gasteiger partial charge in [-0.15, -0.1) is 0 Å². The third-order valence-electron chi connectivity index (χ3n) is 2.60. The number of halogens is 2. The van der Waals surface area contributed by atoms with Crippen LogP contribution in [0.4, 0.5) is 0 Å². The van der Waals surface area contributed by atoms with Crippen molar-refractivity contribution in [2.75, 3.05) is 0 Å². The zero-order chi connectivity index (χ0) is 13.0. The minimum Gasteiger partial charge on any atom is -0.487 e. The summed E-state index contributed by atoms with van der Waals surface area (Å²) in [5.41, 5.74) is 7.46. The zero-order valence-electron chi connectivity index (χ0n) is 9.70. The van der Waals surface area contributed by atoms with Crippen molar-refractivity contribution < 1.29 is 4.74 Å². The average Bonchev–Trinajstić information content (AvgIpc) is 2.39. The molecule has 94 valence electrons. The first-order valence-corrected chi connectivity index (χ1v) is 6.31. The summed E-state index contributed by atoms with van der Waals surface area (Å²) in [6.45, 7) is 0.759. The van der Waals surface area contributed by atoms with E-state index in [1.54, 1.807) is 6.07 Å². The number of rotatable bonds is 4. The fraction of sp³-hybridized carbons (Fsp3) is 0.143. The SMILES string of the molecule is NCc1cccc(Cl)c1OCc1ccccc1Cl. The van der Waals surface area contributed by atoms with Gasteiger partial charge in [-0.3, -0.25) is 0 Å². The van der Waals surface area contributed by atoms with Crippen LogP contribution in [-0.2, 0) is 13.2 Å². The quantitative estimate of drug-likeness (QED) is 0.918. The van der Waals surface area contributed by atoms with Gasteiger partial charge in [0.05, 0.1) is 5.02 Å². The predicted molar refractivity (Wildman–Crippen MR) is 75.1 cm³/mol. The largest absolute Gasteiger partial charge is 0.487 e. The van der Waals surface area contributed by atoms with E-state index in [1.807, 2.05) is 36.4 Å². The Morgan fingerprint density at radius 2 is 1.56 bits per heavy atom. The second kappa shape index (κ2) is 6.10. The monoisotopic (exact) mass is 281 g/mol. The lowest BCUT2D eigenvalue weighted by molar-refractivity contribution is 0.303. The maximum Gasteiger partial charge on any atom is 0.142 e. The Kier molecular flexibility index (Phi) is 4.48. The van der Waals surface area contributed by atoms with Crippen molar-refractivity contribution in [1.82, 2.24) is 0 Å². The second-order valence-corrected chi connectivity index (χ2v) is 4.63. The first-order valence-electron chi connectivity index (χ1n) is 5.56. The molecule has 2 aromatic rings.